The number of fused-ring (bicyclic) bond motifs is 1. The molecule has 2 rings (SSSR count). The minimum absolute atomic E-state index is 0.310. The average Bonchev–Trinajstić information content (AvgIpc) is 2.78. The lowest BCUT2D eigenvalue weighted by molar-refractivity contribution is 0.0527. The Bertz CT molecular complexity index is 676. The molecule has 0 fully saturated rings. The fraction of sp³-hybridized carbons (Fsp3) is 0.500. The fourth-order valence-electron chi connectivity index (χ4n) is 2.77. The summed E-state index contributed by atoms with van der Waals surface area (Å²) >= 11 is 0. The maximum Gasteiger partial charge on any atom is 0.340 e. The van der Waals surface area contributed by atoms with Crippen molar-refractivity contribution in [2.45, 2.75) is 46.4 Å². The Hall–Kier alpha value is -1.85. The van der Waals surface area contributed by atoms with Crippen LogP contribution in [0.15, 0.2) is 24.3 Å². The molecule has 2 aromatic rings. The zero-order chi connectivity index (χ0) is 17.0. The first-order valence-corrected chi connectivity index (χ1v) is 8.12. The Labute approximate surface area is 137 Å². The van der Waals surface area contributed by atoms with E-state index >= 15 is 0 Å². The largest absolute Gasteiger partial charge is 0.462 e. The molecule has 1 atom stereocenters. The standard InChI is InChI=1S/C18H26N2O3/c1-5-23-18(22)17-13(4)20(11-14(21)10-19-12(2)3)16-9-7-6-8-15(16)17/h6-9,12,14,19,21H,5,10-11H2,1-4H3/t14-/m0/s1. The zero-order valence-corrected chi connectivity index (χ0v) is 14.3. The van der Waals surface area contributed by atoms with Crippen molar-refractivity contribution in [3.8, 4) is 0 Å². The van der Waals surface area contributed by atoms with E-state index < -0.39 is 6.10 Å². The van der Waals surface area contributed by atoms with E-state index in [1.807, 2.05) is 49.6 Å². The van der Waals surface area contributed by atoms with Gasteiger partial charge in [0.25, 0.3) is 0 Å². The Balaban J connectivity index is 2.36. The lowest BCUT2D eigenvalue weighted by Gasteiger charge is -2.17. The van der Waals surface area contributed by atoms with Crippen LogP contribution >= 0.6 is 0 Å². The van der Waals surface area contributed by atoms with Crippen LogP contribution in [0.3, 0.4) is 0 Å². The quantitative estimate of drug-likeness (QED) is 0.770. The third-order valence-electron chi connectivity index (χ3n) is 3.87. The highest BCUT2D eigenvalue weighted by atomic mass is 16.5. The third kappa shape index (κ3) is 3.92. The van der Waals surface area contributed by atoms with Crippen molar-refractivity contribution in [3.05, 3.63) is 35.5 Å². The highest BCUT2D eigenvalue weighted by Crippen LogP contribution is 2.26. The number of benzene rings is 1. The Morgan fingerprint density at radius 3 is 2.70 bits per heavy atom. The molecular formula is C18H26N2O3. The Morgan fingerprint density at radius 1 is 1.35 bits per heavy atom. The molecule has 1 aromatic carbocycles. The number of carbonyl (C=O) groups is 1. The van der Waals surface area contributed by atoms with Crippen molar-refractivity contribution in [2.75, 3.05) is 13.2 Å². The summed E-state index contributed by atoms with van der Waals surface area (Å²) in [6, 6.07) is 8.05. The second-order valence-electron chi connectivity index (χ2n) is 6.03. The maximum atomic E-state index is 12.3. The van der Waals surface area contributed by atoms with Gasteiger partial charge in [-0.3, -0.25) is 0 Å². The highest BCUT2D eigenvalue weighted by Gasteiger charge is 2.21. The van der Waals surface area contributed by atoms with Crippen LogP contribution in [0.5, 0.6) is 0 Å². The lowest BCUT2D eigenvalue weighted by atomic mass is 10.1. The lowest BCUT2D eigenvalue weighted by Crippen LogP contribution is -2.34. The number of hydrogen-bond donors (Lipinski definition) is 2. The van der Waals surface area contributed by atoms with E-state index in [9.17, 15) is 9.90 Å². The van der Waals surface area contributed by atoms with E-state index in [2.05, 4.69) is 5.32 Å². The molecule has 1 aromatic heterocycles. The normalized spacial score (nSPS) is 12.8. The third-order valence-corrected chi connectivity index (χ3v) is 3.87. The van der Waals surface area contributed by atoms with Crippen LogP contribution in [-0.4, -0.2) is 40.9 Å². The first-order valence-electron chi connectivity index (χ1n) is 8.12. The highest BCUT2D eigenvalue weighted by molar-refractivity contribution is 6.05. The van der Waals surface area contributed by atoms with Gasteiger partial charge in [-0.15, -0.1) is 0 Å². The van der Waals surface area contributed by atoms with E-state index in [4.69, 9.17) is 4.74 Å². The topological polar surface area (TPSA) is 63.5 Å². The Kier molecular flexibility index (Phi) is 5.80. The van der Waals surface area contributed by atoms with Gasteiger partial charge in [0, 0.05) is 29.2 Å². The summed E-state index contributed by atoms with van der Waals surface area (Å²) in [6.45, 7) is 9.08. The number of aliphatic hydroxyl groups excluding tert-OH is 1. The molecule has 5 heteroatoms. The molecule has 2 N–H and O–H groups in total. The number of esters is 1. The molecule has 0 amide bonds. The van der Waals surface area contributed by atoms with Crippen molar-refractivity contribution in [3.63, 3.8) is 0 Å². The summed E-state index contributed by atoms with van der Waals surface area (Å²) in [5.74, 6) is -0.310. The minimum atomic E-state index is -0.526. The van der Waals surface area contributed by atoms with E-state index in [1.165, 1.54) is 0 Å². The number of carbonyl (C=O) groups excluding carboxylic acids is 1. The van der Waals surface area contributed by atoms with Gasteiger partial charge in [0.15, 0.2) is 0 Å². The summed E-state index contributed by atoms with van der Waals surface area (Å²) in [5.41, 5.74) is 2.36. The molecule has 1 heterocycles. The number of aromatic nitrogens is 1. The van der Waals surface area contributed by atoms with Gasteiger partial charge in [-0.2, -0.15) is 0 Å². The molecule has 126 valence electrons. The predicted octanol–water partition coefficient (Wildman–Crippen LogP) is 2.49. The van der Waals surface area contributed by atoms with E-state index in [0.29, 0.717) is 31.3 Å². The molecule has 0 radical (unpaired) electrons. The van der Waals surface area contributed by atoms with Gasteiger partial charge in [0.2, 0.25) is 0 Å². The molecule has 0 aliphatic heterocycles. The summed E-state index contributed by atoms with van der Waals surface area (Å²) in [5, 5.41) is 14.4. The first-order chi connectivity index (χ1) is 11.0. The number of aliphatic hydroxyl groups is 1. The van der Waals surface area contributed by atoms with Crippen LogP contribution in [0.25, 0.3) is 10.9 Å². The number of hydrogen-bond acceptors (Lipinski definition) is 4. The van der Waals surface area contributed by atoms with Gasteiger partial charge >= 0.3 is 5.97 Å². The fourth-order valence-corrected chi connectivity index (χ4v) is 2.77. The van der Waals surface area contributed by atoms with Crippen LogP contribution in [0, 0.1) is 6.92 Å². The average molecular weight is 318 g/mol. The smallest absolute Gasteiger partial charge is 0.340 e. The molecule has 0 saturated heterocycles. The van der Waals surface area contributed by atoms with Crippen LogP contribution in [0.4, 0.5) is 0 Å². The number of rotatable bonds is 7. The SMILES string of the molecule is CCOC(=O)c1c(C)n(C[C@@H](O)CNC(C)C)c2ccccc12. The minimum Gasteiger partial charge on any atom is -0.462 e. The van der Waals surface area contributed by atoms with Gasteiger partial charge in [-0.25, -0.2) is 4.79 Å². The molecule has 0 aliphatic rings. The number of nitrogens with zero attached hydrogens (tertiary/aromatic N) is 1. The zero-order valence-electron chi connectivity index (χ0n) is 14.3. The molecule has 23 heavy (non-hydrogen) atoms. The number of ether oxygens (including phenoxy) is 1. The van der Waals surface area contributed by atoms with E-state index in [1.54, 1.807) is 6.92 Å². The van der Waals surface area contributed by atoms with Crippen molar-refractivity contribution >= 4 is 16.9 Å². The van der Waals surface area contributed by atoms with Crippen molar-refractivity contribution in [2.24, 2.45) is 0 Å². The first kappa shape index (κ1) is 17.5. The molecule has 0 aliphatic carbocycles. The van der Waals surface area contributed by atoms with Gasteiger partial charge in [-0.1, -0.05) is 32.0 Å². The van der Waals surface area contributed by atoms with Crippen LogP contribution in [0.1, 0.15) is 36.8 Å². The van der Waals surface area contributed by atoms with Crippen LogP contribution < -0.4 is 5.32 Å². The van der Waals surface area contributed by atoms with Gasteiger partial charge < -0.3 is 19.7 Å². The molecule has 0 saturated carbocycles. The molecule has 5 nitrogen and oxygen atoms in total. The van der Waals surface area contributed by atoms with Gasteiger partial charge in [-0.05, 0) is 19.9 Å². The van der Waals surface area contributed by atoms with E-state index in [0.717, 1.165) is 16.6 Å². The van der Waals surface area contributed by atoms with Crippen molar-refractivity contribution < 1.29 is 14.6 Å². The Morgan fingerprint density at radius 2 is 2.04 bits per heavy atom. The predicted molar refractivity (Wildman–Crippen MR) is 91.8 cm³/mol. The maximum absolute atomic E-state index is 12.3. The molecule has 0 bridgehead atoms. The monoisotopic (exact) mass is 318 g/mol. The second-order valence-corrected chi connectivity index (χ2v) is 6.03. The van der Waals surface area contributed by atoms with E-state index in [-0.39, 0.29) is 5.97 Å². The number of para-hydroxylation sites is 1. The number of nitrogens with one attached hydrogen (secondary N) is 1. The summed E-state index contributed by atoms with van der Waals surface area (Å²) in [7, 11) is 0. The van der Waals surface area contributed by atoms with Crippen LogP contribution in [0.2, 0.25) is 0 Å². The summed E-state index contributed by atoms with van der Waals surface area (Å²) < 4.78 is 7.18. The van der Waals surface area contributed by atoms with Crippen LogP contribution in [-0.2, 0) is 11.3 Å². The summed E-state index contributed by atoms with van der Waals surface area (Å²) in [6.07, 6.45) is -0.526. The molecule has 0 unspecified atom stereocenters. The molecule has 0 spiro atoms. The van der Waals surface area contributed by atoms with Crippen molar-refractivity contribution in [1.82, 2.24) is 9.88 Å². The second kappa shape index (κ2) is 7.62. The van der Waals surface area contributed by atoms with Gasteiger partial charge in [0.1, 0.15) is 0 Å². The summed E-state index contributed by atoms with van der Waals surface area (Å²) in [4.78, 5) is 12.3. The molecular weight excluding hydrogens is 292 g/mol. The van der Waals surface area contributed by atoms with Gasteiger partial charge in [0.05, 0.1) is 24.8 Å². The van der Waals surface area contributed by atoms with Crippen molar-refractivity contribution in [1.29, 1.82) is 0 Å².